The van der Waals surface area contributed by atoms with Crippen molar-refractivity contribution in [3.8, 4) is 0 Å². The maximum atomic E-state index is 12.8. The summed E-state index contributed by atoms with van der Waals surface area (Å²) in [4.78, 5) is 34.0. The molecule has 0 saturated carbocycles. The molecule has 3 aromatic rings. The Morgan fingerprint density at radius 1 is 1.27 bits per heavy atom. The molecule has 14 heteroatoms. The van der Waals surface area contributed by atoms with Crippen molar-refractivity contribution in [2.45, 2.75) is 11.1 Å². The van der Waals surface area contributed by atoms with Gasteiger partial charge in [-0.05, 0) is 13.0 Å². The van der Waals surface area contributed by atoms with Crippen LogP contribution in [0.5, 0.6) is 0 Å². The zero-order valence-corrected chi connectivity index (χ0v) is 17.4. The van der Waals surface area contributed by atoms with Gasteiger partial charge in [0.25, 0.3) is 10.0 Å². The van der Waals surface area contributed by atoms with Crippen molar-refractivity contribution in [2.75, 3.05) is 35.9 Å². The molecule has 1 aliphatic rings. The van der Waals surface area contributed by atoms with Crippen molar-refractivity contribution in [1.29, 1.82) is 0 Å². The molecule has 0 bridgehead atoms. The first-order valence-electron chi connectivity index (χ1n) is 8.74. The molecule has 1 aliphatic heterocycles. The fourth-order valence-electron chi connectivity index (χ4n) is 2.85. The average Bonchev–Trinajstić information content (AvgIpc) is 3.18. The van der Waals surface area contributed by atoms with Crippen LogP contribution < -0.4 is 15.5 Å². The minimum Gasteiger partial charge on any atom is -0.378 e. The zero-order valence-electron chi connectivity index (χ0n) is 15.7. The fraction of sp³-hybridized carbons (Fsp3) is 0.312. The Bertz CT molecular complexity index is 1190. The highest BCUT2D eigenvalue weighted by Crippen LogP contribution is 2.35. The first kappa shape index (κ1) is 20.3. The second-order valence-corrected chi connectivity index (χ2v) is 9.24. The van der Waals surface area contributed by atoms with Gasteiger partial charge in [-0.15, -0.1) is 11.3 Å². The summed E-state index contributed by atoms with van der Waals surface area (Å²) in [5.41, 5.74) is 0.527. The number of fused-ring (bicyclic) bond motifs is 1. The Kier molecular flexibility index (Phi) is 5.46. The van der Waals surface area contributed by atoms with Gasteiger partial charge in [0.1, 0.15) is 10.0 Å². The molecule has 158 valence electrons. The largest absolute Gasteiger partial charge is 0.378 e. The van der Waals surface area contributed by atoms with E-state index in [4.69, 9.17) is 10.6 Å². The van der Waals surface area contributed by atoms with E-state index in [1.807, 2.05) is 0 Å². The van der Waals surface area contributed by atoms with Crippen LogP contribution in [0, 0.1) is 6.92 Å². The molecule has 0 amide bonds. The molecule has 3 N–H and O–H groups in total. The first-order chi connectivity index (χ1) is 14.4. The van der Waals surface area contributed by atoms with Gasteiger partial charge in [-0.2, -0.15) is 5.90 Å². The lowest BCUT2D eigenvalue weighted by molar-refractivity contribution is 0.0502. The number of carbonyl (C=O) groups excluding carboxylic acids is 1. The Hall–Kier alpha value is -2.94. The molecule has 4 rings (SSSR count). The maximum absolute atomic E-state index is 12.8. The normalized spacial score (nSPS) is 14.7. The quantitative estimate of drug-likeness (QED) is 0.518. The van der Waals surface area contributed by atoms with E-state index in [-0.39, 0.29) is 15.7 Å². The van der Waals surface area contributed by atoms with E-state index in [1.165, 1.54) is 6.07 Å². The number of ether oxygens (including phenoxy) is 1. The van der Waals surface area contributed by atoms with Gasteiger partial charge in [-0.25, -0.2) is 37.9 Å². The number of rotatable bonds is 5. The summed E-state index contributed by atoms with van der Waals surface area (Å²) in [5, 5.41) is 0. The molecule has 0 atom stereocenters. The number of anilines is 2. The molecule has 0 spiro atoms. The monoisotopic (exact) mass is 451 g/mol. The van der Waals surface area contributed by atoms with Crippen LogP contribution in [0.1, 0.15) is 16.2 Å². The number of nitrogens with zero attached hydrogens (tertiary/aromatic N) is 5. The molecule has 1 saturated heterocycles. The van der Waals surface area contributed by atoms with Gasteiger partial charge in [0, 0.05) is 25.5 Å². The molecule has 30 heavy (non-hydrogen) atoms. The van der Waals surface area contributed by atoms with Crippen molar-refractivity contribution >= 4 is 49.3 Å². The van der Waals surface area contributed by atoms with Crippen LogP contribution in [0.25, 0.3) is 10.2 Å². The number of sulfonamides is 1. The number of nitrogens with one attached hydrogen (secondary N) is 1. The first-order valence-corrected chi connectivity index (χ1v) is 11.0. The molecule has 0 aliphatic carbocycles. The average molecular weight is 451 g/mol. The second-order valence-electron chi connectivity index (χ2n) is 6.28. The number of thiophene rings is 1. The molecule has 0 unspecified atom stereocenters. The Morgan fingerprint density at radius 2 is 1.97 bits per heavy atom. The third-order valence-electron chi connectivity index (χ3n) is 4.24. The second kappa shape index (κ2) is 8.06. The standard InChI is InChI=1S/C16H17N7O5S2/c1-9-20-11-6-12(29-13(11)14(21-9)23-2-4-27-5-3-23)30(25,26)22-16-18-7-10(8-19-16)15(24)28-17/h6-8H,2-5,17H2,1H3,(H,18,19,22). The van der Waals surface area contributed by atoms with Crippen LogP contribution >= 0.6 is 11.3 Å². The van der Waals surface area contributed by atoms with Crippen LogP contribution in [0.4, 0.5) is 11.8 Å². The Labute approximate surface area is 175 Å². The summed E-state index contributed by atoms with van der Waals surface area (Å²) in [6.45, 7) is 4.24. The van der Waals surface area contributed by atoms with E-state index < -0.39 is 16.0 Å². The van der Waals surface area contributed by atoms with Crippen molar-refractivity contribution in [3.63, 3.8) is 0 Å². The molecule has 0 radical (unpaired) electrons. The molecule has 3 aromatic heterocycles. The molecule has 1 fully saturated rings. The fourth-order valence-corrected chi connectivity index (χ4v) is 5.23. The van der Waals surface area contributed by atoms with Gasteiger partial charge >= 0.3 is 5.97 Å². The lowest BCUT2D eigenvalue weighted by Crippen LogP contribution is -2.36. The number of nitrogens with two attached hydrogens (primary N) is 1. The third-order valence-corrected chi connectivity index (χ3v) is 7.16. The van der Waals surface area contributed by atoms with Crippen LogP contribution in [0.15, 0.2) is 22.7 Å². The van der Waals surface area contributed by atoms with Crippen LogP contribution in [0.3, 0.4) is 0 Å². The van der Waals surface area contributed by atoms with E-state index >= 15 is 0 Å². The summed E-state index contributed by atoms with van der Waals surface area (Å²) < 4.78 is 34.1. The molecule has 4 heterocycles. The number of carbonyl (C=O) groups is 1. The van der Waals surface area contributed by atoms with Crippen LogP contribution in [-0.2, 0) is 19.6 Å². The van der Waals surface area contributed by atoms with E-state index in [9.17, 15) is 13.2 Å². The highest BCUT2D eigenvalue weighted by atomic mass is 32.2. The number of aryl methyl sites for hydroxylation is 1. The lowest BCUT2D eigenvalue weighted by atomic mass is 10.3. The predicted molar refractivity (Wildman–Crippen MR) is 108 cm³/mol. The Balaban J connectivity index is 1.65. The topological polar surface area (TPSA) is 163 Å². The smallest absolute Gasteiger partial charge is 0.359 e. The lowest BCUT2D eigenvalue weighted by Gasteiger charge is -2.28. The summed E-state index contributed by atoms with van der Waals surface area (Å²) >= 11 is 1.06. The van der Waals surface area contributed by atoms with Gasteiger partial charge in [-0.3, -0.25) is 0 Å². The molecule has 0 aromatic carbocycles. The zero-order chi connectivity index (χ0) is 21.3. The van der Waals surface area contributed by atoms with Crippen molar-refractivity contribution in [2.24, 2.45) is 5.90 Å². The van der Waals surface area contributed by atoms with Crippen molar-refractivity contribution < 1.29 is 22.8 Å². The Morgan fingerprint density at radius 3 is 2.63 bits per heavy atom. The SMILES string of the molecule is Cc1nc(N2CCOCC2)c2sc(S(=O)(=O)Nc3ncc(C(=O)ON)cn3)cc2n1. The predicted octanol–water partition coefficient (Wildman–Crippen LogP) is 0.458. The van der Waals surface area contributed by atoms with Gasteiger partial charge in [0.2, 0.25) is 5.95 Å². The van der Waals surface area contributed by atoms with Gasteiger partial charge in [0.15, 0.2) is 5.82 Å². The number of hydrogen-bond donors (Lipinski definition) is 2. The molecular formula is C16H17N7O5S2. The third kappa shape index (κ3) is 4.02. The minimum atomic E-state index is -3.98. The highest BCUT2D eigenvalue weighted by molar-refractivity contribution is 7.94. The number of aromatic nitrogens is 4. The van der Waals surface area contributed by atoms with Crippen molar-refractivity contribution in [1.82, 2.24) is 19.9 Å². The summed E-state index contributed by atoms with van der Waals surface area (Å²) in [6.07, 6.45) is 2.21. The molecule has 12 nitrogen and oxygen atoms in total. The maximum Gasteiger partial charge on any atom is 0.359 e. The van der Waals surface area contributed by atoms with Gasteiger partial charge < -0.3 is 14.5 Å². The van der Waals surface area contributed by atoms with Crippen LogP contribution in [0.2, 0.25) is 0 Å². The van der Waals surface area contributed by atoms with Crippen LogP contribution in [-0.4, -0.2) is 60.6 Å². The van der Waals surface area contributed by atoms with E-state index in [2.05, 4.69) is 34.4 Å². The summed E-state index contributed by atoms with van der Waals surface area (Å²) in [7, 11) is -3.98. The minimum absolute atomic E-state index is 0.0109. The molecular weight excluding hydrogens is 434 g/mol. The summed E-state index contributed by atoms with van der Waals surface area (Å²) in [6, 6.07) is 1.49. The van der Waals surface area contributed by atoms with E-state index in [0.717, 1.165) is 23.7 Å². The summed E-state index contributed by atoms with van der Waals surface area (Å²) in [5.74, 6) is 5.00. The van der Waals surface area contributed by atoms with Gasteiger partial charge in [0.05, 0.1) is 29.0 Å². The number of morpholine rings is 1. The highest BCUT2D eigenvalue weighted by Gasteiger charge is 2.24. The van der Waals surface area contributed by atoms with Crippen molar-refractivity contribution in [3.05, 3.63) is 29.8 Å². The van der Waals surface area contributed by atoms with E-state index in [0.29, 0.717) is 48.2 Å². The number of hydrogen-bond acceptors (Lipinski definition) is 12. The van der Waals surface area contributed by atoms with Gasteiger partial charge in [-0.1, -0.05) is 0 Å². The van der Waals surface area contributed by atoms with E-state index in [1.54, 1.807) is 6.92 Å².